The fourth-order valence-electron chi connectivity index (χ4n) is 4.37. The van der Waals surface area contributed by atoms with E-state index in [2.05, 4.69) is 20.3 Å². The van der Waals surface area contributed by atoms with E-state index in [1.165, 1.54) is 35.4 Å². The highest BCUT2D eigenvalue weighted by Crippen LogP contribution is 2.33. The predicted octanol–water partition coefficient (Wildman–Crippen LogP) is 0.965. The highest BCUT2D eigenvalue weighted by Gasteiger charge is 2.43. The lowest BCUT2D eigenvalue weighted by Gasteiger charge is -2.16. The number of anilines is 1. The minimum Gasteiger partial charge on any atom is -0.504 e. The molecule has 1 aliphatic rings. The number of nitrogen functional groups attached to an aromatic ring is 1. The third-order valence-corrected chi connectivity index (χ3v) is 6.55. The average molecular weight is 547 g/mol. The molecule has 0 radical (unpaired) electrons. The number of rotatable bonds is 7. The zero-order chi connectivity index (χ0) is 28.6. The first-order valence-corrected chi connectivity index (χ1v) is 12.2. The normalized spacial score (nSPS) is 20.8. The zero-order valence-corrected chi connectivity index (χ0v) is 21.2. The number of nitrogens with one attached hydrogen (secondary N) is 1. The van der Waals surface area contributed by atoms with Gasteiger partial charge in [0, 0.05) is 17.7 Å². The molecule has 1 aliphatic heterocycles. The van der Waals surface area contributed by atoms with Gasteiger partial charge in [0.1, 0.15) is 30.2 Å². The van der Waals surface area contributed by atoms with Gasteiger partial charge in [-0.3, -0.25) is 14.2 Å². The van der Waals surface area contributed by atoms with Crippen LogP contribution in [-0.4, -0.2) is 76.5 Å². The van der Waals surface area contributed by atoms with Crippen LogP contribution in [0.2, 0.25) is 0 Å². The second-order valence-corrected chi connectivity index (χ2v) is 9.28. The molecule has 4 unspecified atom stereocenters. The molecule has 1 fully saturated rings. The first-order valence-electron chi connectivity index (χ1n) is 12.2. The third kappa shape index (κ3) is 4.96. The van der Waals surface area contributed by atoms with Gasteiger partial charge < -0.3 is 36.2 Å². The molecule has 2 aromatic heterocycles. The van der Waals surface area contributed by atoms with Gasteiger partial charge in [-0.1, -0.05) is 42.0 Å². The molecule has 13 heteroatoms. The Morgan fingerprint density at radius 3 is 2.58 bits per heavy atom. The van der Waals surface area contributed by atoms with Crippen LogP contribution < -0.4 is 11.1 Å². The minimum absolute atomic E-state index is 0.0291. The number of aromatic hydroxyl groups is 2. The number of aliphatic hydroxyl groups excluding tert-OH is 2. The van der Waals surface area contributed by atoms with E-state index in [-0.39, 0.29) is 23.5 Å². The van der Waals surface area contributed by atoms with Gasteiger partial charge in [0.2, 0.25) is 0 Å². The third-order valence-electron chi connectivity index (χ3n) is 6.55. The van der Waals surface area contributed by atoms with Gasteiger partial charge in [-0.15, -0.1) is 0 Å². The first-order chi connectivity index (χ1) is 19.2. The lowest BCUT2D eigenvalue weighted by atomic mass is 9.99. The van der Waals surface area contributed by atoms with Crippen molar-refractivity contribution in [3.8, 4) is 11.5 Å². The molecule has 1 saturated heterocycles. The molecule has 13 nitrogen and oxygen atoms in total. The molecular formula is C27H26N6O7. The number of aromatic nitrogens is 4. The van der Waals surface area contributed by atoms with Crippen molar-refractivity contribution in [3.05, 3.63) is 83.5 Å². The van der Waals surface area contributed by atoms with Gasteiger partial charge in [-0.2, -0.15) is 0 Å². The van der Waals surface area contributed by atoms with E-state index < -0.39 is 47.7 Å². The van der Waals surface area contributed by atoms with Crippen LogP contribution in [0, 0.1) is 6.92 Å². The molecule has 0 aliphatic carbocycles. The summed E-state index contributed by atoms with van der Waals surface area (Å²) in [5, 5.41) is 44.0. The van der Waals surface area contributed by atoms with Crippen LogP contribution in [0.1, 0.15) is 38.1 Å². The SMILES string of the molecule is Cc1ccc(C(=O)c2cc(O)c(O)c(C(=O)NC/C=C/C3OC(n4cnc5c(N)ncnc54)C(O)C3O)c2)cc1. The Balaban J connectivity index is 1.25. The number of nitrogens with zero attached hydrogens (tertiary/aromatic N) is 4. The standard InChI is InChI=1S/C27H26N6O7/c1-13-4-6-14(7-5-13)20(35)15-9-16(21(36)17(34)10-15)26(39)29-8-2-3-18-22(37)23(38)27(40-18)33-12-32-19-24(28)30-11-31-25(19)33/h2-7,9-12,18,22-23,27,34,36-38H,8H2,1H3,(H,29,39)(H2,28,30,31)/b3-2+. The molecule has 206 valence electrons. The summed E-state index contributed by atoms with van der Waals surface area (Å²) in [6.07, 6.45) is 1.04. The van der Waals surface area contributed by atoms with E-state index in [0.29, 0.717) is 16.7 Å². The summed E-state index contributed by atoms with van der Waals surface area (Å²) in [6, 6.07) is 9.09. The maximum Gasteiger partial charge on any atom is 0.255 e. The zero-order valence-electron chi connectivity index (χ0n) is 21.2. The maximum atomic E-state index is 12.8. The Morgan fingerprint density at radius 2 is 1.82 bits per heavy atom. The highest BCUT2D eigenvalue weighted by molar-refractivity contribution is 6.11. The summed E-state index contributed by atoms with van der Waals surface area (Å²) in [6.45, 7) is 1.82. The summed E-state index contributed by atoms with van der Waals surface area (Å²) in [5.74, 6) is -2.29. The van der Waals surface area contributed by atoms with Crippen molar-refractivity contribution < 1.29 is 34.8 Å². The van der Waals surface area contributed by atoms with Crippen LogP contribution in [0.15, 0.2) is 61.2 Å². The van der Waals surface area contributed by atoms with E-state index in [1.54, 1.807) is 24.3 Å². The van der Waals surface area contributed by atoms with E-state index in [4.69, 9.17) is 10.5 Å². The molecule has 5 rings (SSSR count). The number of amides is 1. The number of hydrogen-bond acceptors (Lipinski definition) is 11. The number of carbonyl (C=O) groups excluding carboxylic acids is 2. The lowest BCUT2D eigenvalue weighted by Crippen LogP contribution is -2.31. The van der Waals surface area contributed by atoms with Crippen molar-refractivity contribution in [2.75, 3.05) is 12.3 Å². The topological polar surface area (TPSA) is 206 Å². The Bertz CT molecular complexity index is 1620. The first kappa shape index (κ1) is 26.7. The second kappa shape index (κ2) is 10.7. The number of ketones is 1. The van der Waals surface area contributed by atoms with Gasteiger partial charge in [-0.05, 0) is 19.1 Å². The Labute approximate surface area is 227 Å². The number of imidazole rings is 1. The highest BCUT2D eigenvalue weighted by atomic mass is 16.6. The number of hydrogen-bond donors (Lipinski definition) is 6. The van der Waals surface area contributed by atoms with Crippen molar-refractivity contribution in [1.29, 1.82) is 0 Å². The monoisotopic (exact) mass is 546 g/mol. The molecule has 0 spiro atoms. The molecule has 0 saturated carbocycles. The molecule has 40 heavy (non-hydrogen) atoms. The summed E-state index contributed by atoms with van der Waals surface area (Å²) in [5.41, 5.74) is 7.53. The predicted molar refractivity (Wildman–Crippen MR) is 142 cm³/mol. The molecule has 4 atom stereocenters. The Morgan fingerprint density at radius 1 is 1.07 bits per heavy atom. The largest absolute Gasteiger partial charge is 0.504 e. The fourth-order valence-corrected chi connectivity index (χ4v) is 4.37. The molecule has 2 aromatic carbocycles. The molecular weight excluding hydrogens is 520 g/mol. The van der Waals surface area contributed by atoms with Gasteiger partial charge >= 0.3 is 0 Å². The van der Waals surface area contributed by atoms with Gasteiger partial charge in [0.15, 0.2) is 35.0 Å². The van der Waals surface area contributed by atoms with Gasteiger partial charge in [-0.25, -0.2) is 15.0 Å². The number of benzene rings is 2. The second-order valence-electron chi connectivity index (χ2n) is 9.28. The van der Waals surface area contributed by atoms with E-state index in [0.717, 1.165) is 11.6 Å². The van der Waals surface area contributed by atoms with Crippen LogP contribution in [0.4, 0.5) is 5.82 Å². The lowest BCUT2D eigenvalue weighted by molar-refractivity contribution is -0.0245. The van der Waals surface area contributed by atoms with Crippen molar-refractivity contribution in [1.82, 2.24) is 24.8 Å². The van der Waals surface area contributed by atoms with Crippen LogP contribution in [0.3, 0.4) is 0 Å². The van der Waals surface area contributed by atoms with Gasteiger partial charge in [0.05, 0.1) is 11.9 Å². The number of carbonyl (C=O) groups is 2. The summed E-state index contributed by atoms with van der Waals surface area (Å²) < 4.78 is 7.25. The number of ether oxygens (including phenoxy) is 1. The fraction of sp³-hybridized carbons (Fsp3) is 0.222. The van der Waals surface area contributed by atoms with Crippen LogP contribution in [-0.2, 0) is 4.74 Å². The van der Waals surface area contributed by atoms with Crippen LogP contribution in [0.25, 0.3) is 11.2 Å². The number of nitrogens with two attached hydrogens (primary N) is 1. The minimum atomic E-state index is -1.31. The van der Waals surface area contributed by atoms with Gasteiger partial charge in [0.25, 0.3) is 5.91 Å². The smallest absolute Gasteiger partial charge is 0.255 e. The van der Waals surface area contributed by atoms with Crippen molar-refractivity contribution in [3.63, 3.8) is 0 Å². The molecule has 1 amide bonds. The maximum absolute atomic E-state index is 12.8. The van der Waals surface area contributed by atoms with E-state index in [9.17, 15) is 30.0 Å². The Kier molecular flexibility index (Phi) is 7.17. The number of phenolic OH excluding ortho intramolecular Hbond substituents is 2. The quantitative estimate of drug-likeness (QED) is 0.109. The average Bonchev–Trinajstić information content (AvgIpc) is 3.49. The van der Waals surface area contributed by atoms with E-state index in [1.807, 2.05) is 6.92 Å². The molecule has 7 N–H and O–H groups in total. The van der Waals surface area contributed by atoms with Crippen molar-refractivity contribution in [2.45, 2.75) is 31.5 Å². The van der Waals surface area contributed by atoms with E-state index >= 15 is 0 Å². The molecule has 0 bridgehead atoms. The number of aliphatic hydroxyl groups is 2. The molecule has 3 heterocycles. The summed E-state index contributed by atoms with van der Waals surface area (Å²) >= 11 is 0. The van der Waals surface area contributed by atoms with Crippen molar-refractivity contribution >= 4 is 28.7 Å². The number of fused-ring (bicyclic) bond motifs is 1. The molecule has 4 aromatic rings. The summed E-state index contributed by atoms with van der Waals surface area (Å²) in [7, 11) is 0. The van der Waals surface area contributed by atoms with Crippen LogP contribution in [0.5, 0.6) is 11.5 Å². The number of aryl methyl sites for hydroxylation is 1. The van der Waals surface area contributed by atoms with Crippen molar-refractivity contribution in [2.24, 2.45) is 0 Å². The summed E-state index contributed by atoms with van der Waals surface area (Å²) in [4.78, 5) is 37.7. The Hall–Kier alpha value is -4.85. The number of phenols is 2. The van der Waals surface area contributed by atoms with Crippen LogP contribution >= 0.6 is 0 Å².